The minimum atomic E-state index is -0.979. The van der Waals surface area contributed by atoms with Crippen molar-refractivity contribution >= 4 is 11.9 Å². The van der Waals surface area contributed by atoms with Crippen LogP contribution < -0.4 is 14.8 Å². The third-order valence-corrected chi connectivity index (χ3v) is 4.32. The maximum absolute atomic E-state index is 11.5. The minimum Gasteiger partial charge on any atom is -0.490 e. The molecule has 0 aliphatic rings. The Hall–Kier alpha value is -3.02. The van der Waals surface area contributed by atoms with Crippen LogP contribution in [0, 0.1) is 0 Å². The summed E-state index contributed by atoms with van der Waals surface area (Å²) in [6.07, 6.45) is -0.184. The Kier molecular flexibility index (Phi) is 8.07. The van der Waals surface area contributed by atoms with Crippen LogP contribution in [0.1, 0.15) is 44.7 Å². The molecule has 0 bridgehead atoms. The number of hydrogen-bond acceptors (Lipinski definition) is 4. The standard InChI is InChI=1S/C23H29NO5/c1-23(2,3)18-6-10-20(11-7-18)29-15-14-28-19-8-4-17(5-9-19)16-24-21(25)12-13-22(26)27/h4-11H,12-16H2,1-3H3,(H,24,25)(H,26,27). The van der Waals surface area contributed by atoms with Gasteiger partial charge in [0, 0.05) is 13.0 Å². The summed E-state index contributed by atoms with van der Waals surface area (Å²) in [6.45, 7) is 7.75. The van der Waals surface area contributed by atoms with Gasteiger partial charge in [-0.05, 0) is 40.8 Å². The van der Waals surface area contributed by atoms with Crippen LogP contribution in [-0.2, 0) is 21.5 Å². The highest BCUT2D eigenvalue weighted by atomic mass is 16.5. The van der Waals surface area contributed by atoms with E-state index in [1.807, 2.05) is 36.4 Å². The third kappa shape index (κ3) is 8.25. The van der Waals surface area contributed by atoms with Gasteiger partial charge in [-0.25, -0.2) is 0 Å². The number of ether oxygens (including phenoxy) is 2. The van der Waals surface area contributed by atoms with Crippen molar-refractivity contribution in [1.29, 1.82) is 0 Å². The lowest BCUT2D eigenvalue weighted by Crippen LogP contribution is -2.23. The van der Waals surface area contributed by atoms with Crippen LogP contribution in [-0.4, -0.2) is 30.2 Å². The quantitative estimate of drug-likeness (QED) is 0.592. The van der Waals surface area contributed by atoms with Gasteiger partial charge >= 0.3 is 5.97 Å². The lowest BCUT2D eigenvalue weighted by Gasteiger charge is -2.19. The predicted molar refractivity (Wildman–Crippen MR) is 111 cm³/mol. The van der Waals surface area contributed by atoms with Gasteiger partial charge in [0.2, 0.25) is 5.91 Å². The Morgan fingerprint density at radius 1 is 0.862 bits per heavy atom. The molecule has 29 heavy (non-hydrogen) atoms. The molecule has 0 aliphatic heterocycles. The Morgan fingerprint density at radius 2 is 1.38 bits per heavy atom. The molecule has 0 saturated carbocycles. The topological polar surface area (TPSA) is 84.9 Å². The molecule has 0 spiro atoms. The van der Waals surface area contributed by atoms with E-state index in [0.717, 1.165) is 17.1 Å². The van der Waals surface area contributed by atoms with Gasteiger partial charge in [0.1, 0.15) is 24.7 Å². The molecule has 0 heterocycles. The summed E-state index contributed by atoms with van der Waals surface area (Å²) in [5.41, 5.74) is 2.30. The number of nitrogens with one attached hydrogen (secondary N) is 1. The smallest absolute Gasteiger partial charge is 0.303 e. The highest BCUT2D eigenvalue weighted by Gasteiger charge is 2.12. The molecule has 1 amide bonds. The van der Waals surface area contributed by atoms with Crippen LogP contribution in [0.2, 0.25) is 0 Å². The number of benzene rings is 2. The number of carboxylic acids is 1. The summed E-state index contributed by atoms with van der Waals surface area (Å²) in [7, 11) is 0. The molecule has 156 valence electrons. The maximum Gasteiger partial charge on any atom is 0.303 e. The Labute approximate surface area is 171 Å². The van der Waals surface area contributed by atoms with Crippen molar-refractivity contribution < 1.29 is 24.2 Å². The van der Waals surface area contributed by atoms with E-state index < -0.39 is 5.97 Å². The Morgan fingerprint density at radius 3 is 1.86 bits per heavy atom. The largest absolute Gasteiger partial charge is 0.490 e. The van der Waals surface area contributed by atoms with E-state index in [4.69, 9.17) is 14.6 Å². The summed E-state index contributed by atoms with van der Waals surface area (Å²) >= 11 is 0. The number of amides is 1. The summed E-state index contributed by atoms with van der Waals surface area (Å²) in [5, 5.41) is 11.3. The van der Waals surface area contributed by atoms with Gasteiger partial charge in [0.05, 0.1) is 6.42 Å². The van der Waals surface area contributed by atoms with Crippen molar-refractivity contribution in [3.05, 3.63) is 59.7 Å². The minimum absolute atomic E-state index is 0.0184. The second-order valence-electron chi connectivity index (χ2n) is 7.79. The Balaban J connectivity index is 1.68. The highest BCUT2D eigenvalue weighted by molar-refractivity contribution is 5.80. The monoisotopic (exact) mass is 399 g/mol. The van der Waals surface area contributed by atoms with Gasteiger partial charge in [0.15, 0.2) is 0 Å². The molecular weight excluding hydrogens is 370 g/mol. The molecule has 0 aliphatic carbocycles. The lowest BCUT2D eigenvalue weighted by molar-refractivity contribution is -0.138. The van der Waals surface area contributed by atoms with Crippen molar-refractivity contribution in [2.24, 2.45) is 0 Å². The number of carboxylic acid groups (broad SMARTS) is 1. The van der Waals surface area contributed by atoms with Crippen molar-refractivity contribution in [3.8, 4) is 11.5 Å². The average molecular weight is 399 g/mol. The van der Waals surface area contributed by atoms with Crippen LogP contribution in [0.15, 0.2) is 48.5 Å². The molecule has 6 nitrogen and oxygen atoms in total. The average Bonchev–Trinajstić information content (AvgIpc) is 2.68. The highest BCUT2D eigenvalue weighted by Crippen LogP contribution is 2.24. The van der Waals surface area contributed by atoms with E-state index >= 15 is 0 Å². The molecule has 2 aromatic rings. The summed E-state index contributed by atoms with van der Waals surface area (Å²) in [5.74, 6) is 0.279. The van der Waals surface area contributed by atoms with E-state index in [-0.39, 0.29) is 24.2 Å². The van der Waals surface area contributed by atoms with E-state index in [1.54, 1.807) is 0 Å². The third-order valence-electron chi connectivity index (χ3n) is 4.32. The first-order valence-electron chi connectivity index (χ1n) is 9.67. The lowest BCUT2D eigenvalue weighted by atomic mass is 9.87. The van der Waals surface area contributed by atoms with Crippen molar-refractivity contribution in [2.45, 2.75) is 45.6 Å². The van der Waals surface area contributed by atoms with Crippen LogP contribution in [0.25, 0.3) is 0 Å². The van der Waals surface area contributed by atoms with Gasteiger partial charge in [-0.1, -0.05) is 45.0 Å². The van der Waals surface area contributed by atoms with E-state index in [2.05, 4.69) is 38.2 Å². The SMILES string of the molecule is CC(C)(C)c1ccc(OCCOc2ccc(CNC(=O)CCC(=O)O)cc2)cc1. The van der Waals surface area contributed by atoms with Crippen LogP contribution in [0.4, 0.5) is 0 Å². The molecule has 0 radical (unpaired) electrons. The summed E-state index contributed by atoms with van der Waals surface area (Å²) < 4.78 is 11.4. The van der Waals surface area contributed by atoms with Crippen molar-refractivity contribution in [1.82, 2.24) is 5.32 Å². The predicted octanol–water partition coefficient (Wildman–Crippen LogP) is 3.92. The zero-order valence-electron chi connectivity index (χ0n) is 17.2. The molecule has 0 aromatic heterocycles. The maximum atomic E-state index is 11.5. The fraction of sp³-hybridized carbons (Fsp3) is 0.391. The van der Waals surface area contributed by atoms with Crippen LogP contribution in [0.3, 0.4) is 0 Å². The van der Waals surface area contributed by atoms with Crippen molar-refractivity contribution in [3.63, 3.8) is 0 Å². The number of aliphatic carboxylic acids is 1. The molecule has 0 unspecified atom stereocenters. The number of rotatable bonds is 10. The molecule has 0 fully saturated rings. The summed E-state index contributed by atoms with van der Waals surface area (Å²) in [6, 6.07) is 15.5. The molecule has 6 heteroatoms. The van der Waals surface area contributed by atoms with Crippen LogP contribution >= 0.6 is 0 Å². The van der Waals surface area contributed by atoms with Gasteiger partial charge in [0.25, 0.3) is 0 Å². The van der Waals surface area contributed by atoms with Gasteiger partial charge in [-0.3, -0.25) is 9.59 Å². The first-order chi connectivity index (χ1) is 13.7. The van der Waals surface area contributed by atoms with E-state index in [1.165, 1.54) is 5.56 Å². The fourth-order valence-electron chi connectivity index (χ4n) is 2.58. The normalized spacial score (nSPS) is 11.0. The molecule has 2 rings (SSSR count). The first-order valence-corrected chi connectivity index (χ1v) is 9.67. The number of carbonyl (C=O) groups excluding carboxylic acids is 1. The Bertz CT molecular complexity index is 792. The zero-order valence-corrected chi connectivity index (χ0v) is 17.2. The molecule has 2 N–H and O–H groups in total. The van der Waals surface area contributed by atoms with E-state index in [9.17, 15) is 9.59 Å². The zero-order chi connectivity index (χ0) is 21.3. The molecule has 0 atom stereocenters. The first kappa shape index (κ1) is 22.3. The van der Waals surface area contributed by atoms with Gasteiger partial charge in [-0.15, -0.1) is 0 Å². The fourth-order valence-corrected chi connectivity index (χ4v) is 2.58. The van der Waals surface area contributed by atoms with Crippen molar-refractivity contribution in [2.75, 3.05) is 13.2 Å². The molecule has 2 aromatic carbocycles. The molecular formula is C23H29NO5. The number of hydrogen-bond donors (Lipinski definition) is 2. The van der Waals surface area contributed by atoms with E-state index in [0.29, 0.717) is 19.8 Å². The van der Waals surface area contributed by atoms with Crippen LogP contribution in [0.5, 0.6) is 11.5 Å². The second-order valence-corrected chi connectivity index (χ2v) is 7.79. The second kappa shape index (κ2) is 10.5. The summed E-state index contributed by atoms with van der Waals surface area (Å²) in [4.78, 5) is 22.0. The molecule has 0 saturated heterocycles. The van der Waals surface area contributed by atoms with Gasteiger partial charge < -0.3 is 19.9 Å². The van der Waals surface area contributed by atoms with Gasteiger partial charge in [-0.2, -0.15) is 0 Å². The number of carbonyl (C=O) groups is 2.